The van der Waals surface area contributed by atoms with E-state index in [0.717, 1.165) is 12.1 Å². The Morgan fingerprint density at radius 2 is 1.93 bits per heavy atom. The van der Waals surface area contributed by atoms with Gasteiger partial charge in [0.15, 0.2) is 10.4 Å². The molecule has 0 radical (unpaired) electrons. The lowest BCUT2D eigenvalue weighted by atomic mass is 10.1. The van der Waals surface area contributed by atoms with E-state index in [1.807, 2.05) is 23.1 Å². The molecule has 1 N–H and O–H groups in total. The van der Waals surface area contributed by atoms with Crippen LogP contribution in [-0.4, -0.2) is 27.8 Å². The normalized spacial score (nSPS) is 15.9. The third-order valence-electron chi connectivity index (χ3n) is 5.03. The van der Waals surface area contributed by atoms with E-state index < -0.39 is 0 Å². The van der Waals surface area contributed by atoms with Crippen molar-refractivity contribution in [2.24, 2.45) is 0 Å². The second-order valence-corrected chi connectivity index (χ2v) is 7.60. The first-order valence-corrected chi connectivity index (χ1v) is 9.91. The van der Waals surface area contributed by atoms with Crippen molar-refractivity contribution >= 4 is 33.4 Å². The number of aromatic nitrogens is 1. The standard InChI is InChI=1S/C21H20BrN3O3/c1-14-17-3-2-10-24(17)11-12-25(14)20(26)13-15-4-6-16(7-5-15)23-21(27)18-8-9-19(22)28-18/h2-10,14H,11-13H2,1H3,(H,23,27). The van der Waals surface area contributed by atoms with Gasteiger partial charge in [0.05, 0.1) is 12.5 Å². The largest absolute Gasteiger partial charge is 0.444 e. The summed E-state index contributed by atoms with van der Waals surface area (Å²) in [4.78, 5) is 26.8. The molecule has 1 aliphatic rings. The fourth-order valence-electron chi connectivity index (χ4n) is 3.53. The monoisotopic (exact) mass is 441 g/mol. The van der Waals surface area contributed by atoms with Crippen LogP contribution in [-0.2, 0) is 17.8 Å². The molecule has 0 saturated heterocycles. The minimum atomic E-state index is -0.320. The van der Waals surface area contributed by atoms with E-state index in [9.17, 15) is 9.59 Å². The van der Waals surface area contributed by atoms with Gasteiger partial charge in [-0.2, -0.15) is 0 Å². The molecule has 0 bridgehead atoms. The highest BCUT2D eigenvalue weighted by Crippen LogP contribution is 2.26. The van der Waals surface area contributed by atoms with Crippen LogP contribution in [0.4, 0.5) is 5.69 Å². The summed E-state index contributed by atoms with van der Waals surface area (Å²) in [6.45, 7) is 3.61. The van der Waals surface area contributed by atoms with Crippen LogP contribution in [0.1, 0.15) is 34.8 Å². The molecule has 3 heterocycles. The van der Waals surface area contributed by atoms with Crippen molar-refractivity contribution in [2.75, 3.05) is 11.9 Å². The summed E-state index contributed by atoms with van der Waals surface area (Å²) in [5.41, 5.74) is 2.73. The van der Waals surface area contributed by atoms with E-state index in [0.29, 0.717) is 23.3 Å². The van der Waals surface area contributed by atoms with E-state index in [-0.39, 0.29) is 23.6 Å². The van der Waals surface area contributed by atoms with Crippen LogP contribution in [0.2, 0.25) is 0 Å². The SMILES string of the molecule is CC1c2cccn2CCN1C(=O)Cc1ccc(NC(=O)c2ccc(Br)o2)cc1. The number of furan rings is 1. The van der Waals surface area contributed by atoms with Crippen LogP contribution in [0, 0.1) is 0 Å². The Morgan fingerprint density at radius 1 is 1.14 bits per heavy atom. The summed E-state index contributed by atoms with van der Waals surface area (Å²) in [5.74, 6) is 0.0202. The van der Waals surface area contributed by atoms with Crippen molar-refractivity contribution in [2.45, 2.75) is 25.9 Å². The molecule has 1 aliphatic heterocycles. The Hall–Kier alpha value is -2.80. The van der Waals surface area contributed by atoms with Crippen LogP contribution in [0.3, 0.4) is 0 Å². The van der Waals surface area contributed by atoms with E-state index in [2.05, 4.69) is 45.0 Å². The van der Waals surface area contributed by atoms with E-state index in [1.54, 1.807) is 24.3 Å². The minimum absolute atomic E-state index is 0.0717. The zero-order valence-corrected chi connectivity index (χ0v) is 17.0. The molecule has 7 heteroatoms. The summed E-state index contributed by atoms with van der Waals surface area (Å²) in [6.07, 6.45) is 2.40. The number of hydrogen-bond donors (Lipinski definition) is 1. The first-order chi connectivity index (χ1) is 13.5. The Kier molecular flexibility index (Phi) is 5.09. The number of carbonyl (C=O) groups excluding carboxylic acids is 2. The highest BCUT2D eigenvalue weighted by molar-refractivity contribution is 9.10. The van der Waals surface area contributed by atoms with Crippen LogP contribution in [0.15, 0.2) is 63.8 Å². The van der Waals surface area contributed by atoms with Crippen molar-refractivity contribution in [3.8, 4) is 0 Å². The molecule has 6 nitrogen and oxygen atoms in total. The zero-order valence-electron chi connectivity index (χ0n) is 15.4. The van der Waals surface area contributed by atoms with E-state index in [1.165, 1.54) is 5.69 Å². The predicted octanol–water partition coefficient (Wildman–Crippen LogP) is 4.24. The summed E-state index contributed by atoms with van der Waals surface area (Å²) >= 11 is 3.18. The molecule has 1 atom stereocenters. The predicted molar refractivity (Wildman–Crippen MR) is 109 cm³/mol. The van der Waals surface area contributed by atoms with E-state index in [4.69, 9.17) is 4.42 Å². The molecule has 4 rings (SSSR count). The fourth-order valence-corrected chi connectivity index (χ4v) is 3.84. The summed E-state index contributed by atoms with van der Waals surface area (Å²) in [5, 5.41) is 2.78. The van der Waals surface area contributed by atoms with Crippen molar-refractivity contribution in [1.82, 2.24) is 9.47 Å². The second-order valence-electron chi connectivity index (χ2n) is 6.82. The van der Waals surface area contributed by atoms with Gasteiger partial charge in [0.1, 0.15) is 0 Å². The molecule has 144 valence electrons. The van der Waals surface area contributed by atoms with Gasteiger partial charge in [0.2, 0.25) is 5.91 Å². The number of benzene rings is 1. The lowest BCUT2D eigenvalue weighted by molar-refractivity contribution is -0.133. The second kappa shape index (κ2) is 7.67. The highest BCUT2D eigenvalue weighted by atomic mass is 79.9. The van der Waals surface area contributed by atoms with Gasteiger partial charge in [-0.15, -0.1) is 0 Å². The summed E-state index contributed by atoms with van der Waals surface area (Å²) < 4.78 is 7.95. The van der Waals surface area contributed by atoms with Gasteiger partial charge in [-0.1, -0.05) is 12.1 Å². The molecule has 0 spiro atoms. The topological polar surface area (TPSA) is 67.5 Å². The van der Waals surface area contributed by atoms with Gasteiger partial charge < -0.3 is 19.2 Å². The molecule has 0 aliphatic carbocycles. The molecule has 28 heavy (non-hydrogen) atoms. The molecular formula is C21H20BrN3O3. The lowest BCUT2D eigenvalue weighted by Crippen LogP contribution is -2.41. The molecular weight excluding hydrogens is 422 g/mol. The molecule has 0 fully saturated rings. The smallest absolute Gasteiger partial charge is 0.291 e. The summed E-state index contributed by atoms with van der Waals surface area (Å²) in [6, 6.07) is 14.7. The quantitative estimate of drug-likeness (QED) is 0.657. The number of fused-ring (bicyclic) bond motifs is 1. The van der Waals surface area contributed by atoms with Crippen LogP contribution in [0.5, 0.6) is 0 Å². The minimum Gasteiger partial charge on any atom is -0.444 e. The van der Waals surface area contributed by atoms with Gasteiger partial charge in [-0.25, -0.2) is 0 Å². The van der Waals surface area contributed by atoms with Crippen molar-refractivity contribution in [3.05, 3.63) is 76.4 Å². The lowest BCUT2D eigenvalue weighted by Gasteiger charge is -2.35. The maximum atomic E-state index is 12.8. The molecule has 1 unspecified atom stereocenters. The first-order valence-electron chi connectivity index (χ1n) is 9.11. The molecule has 2 amide bonds. The average molecular weight is 442 g/mol. The third kappa shape index (κ3) is 3.75. The molecule has 1 aromatic carbocycles. The van der Waals surface area contributed by atoms with Crippen molar-refractivity contribution < 1.29 is 14.0 Å². The Morgan fingerprint density at radius 3 is 2.64 bits per heavy atom. The number of amides is 2. The number of hydrogen-bond acceptors (Lipinski definition) is 3. The number of nitrogens with zero attached hydrogens (tertiary/aromatic N) is 2. The first kappa shape index (κ1) is 18.6. The van der Waals surface area contributed by atoms with Crippen molar-refractivity contribution in [1.29, 1.82) is 0 Å². The maximum Gasteiger partial charge on any atom is 0.291 e. The van der Waals surface area contributed by atoms with Gasteiger partial charge in [-0.3, -0.25) is 9.59 Å². The van der Waals surface area contributed by atoms with Gasteiger partial charge >= 0.3 is 0 Å². The Bertz CT molecular complexity index is 1010. The van der Waals surface area contributed by atoms with Gasteiger partial charge in [0, 0.05) is 30.7 Å². The Balaban J connectivity index is 1.38. The van der Waals surface area contributed by atoms with Crippen LogP contribution < -0.4 is 5.32 Å². The number of rotatable bonds is 4. The number of carbonyl (C=O) groups is 2. The van der Waals surface area contributed by atoms with Crippen molar-refractivity contribution in [3.63, 3.8) is 0 Å². The third-order valence-corrected chi connectivity index (χ3v) is 5.45. The highest BCUT2D eigenvalue weighted by Gasteiger charge is 2.27. The molecule has 0 saturated carbocycles. The maximum absolute atomic E-state index is 12.8. The van der Waals surface area contributed by atoms with Gasteiger partial charge in [-0.05, 0) is 64.8 Å². The van der Waals surface area contributed by atoms with Crippen LogP contribution >= 0.6 is 15.9 Å². The molecule has 3 aromatic rings. The fraction of sp³-hybridized carbons (Fsp3) is 0.238. The number of halogens is 1. The Labute approximate surface area is 171 Å². The molecule has 2 aromatic heterocycles. The van der Waals surface area contributed by atoms with E-state index >= 15 is 0 Å². The van der Waals surface area contributed by atoms with Crippen LogP contribution in [0.25, 0.3) is 0 Å². The number of anilines is 1. The number of nitrogens with one attached hydrogen (secondary N) is 1. The average Bonchev–Trinajstić information content (AvgIpc) is 3.33. The zero-order chi connectivity index (χ0) is 19.7. The summed E-state index contributed by atoms with van der Waals surface area (Å²) in [7, 11) is 0. The van der Waals surface area contributed by atoms with Gasteiger partial charge in [0.25, 0.3) is 5.91 Å².